The van der Waals surface area contributed by atoms with Crippen LogP contribution in [0.3, 0.4) is 0 Å². The van der Waals surface area contributed by atoms with Crippen LogP contribution < -0.4 is 10.1 Å². The lowest BCUT2D eigenvalue weighted by molar-refractivity contribution is 0.102. The number of nitrogens with one attached hydrogen (secondary N) is 1. The summed E-state index contributed by atoms with van der Waals surface area (Å²) in [5.41, 5.74) is 2.67. The zero-order valence-electron chi connectivity index (χ0n) is 16.3. The van der Waals surface area contributed by atoms with Crippen LogP contribution in [-0.2, 0) is 6.42 Å². The van der Waals surface area contributed by atoms with Crippen LogP contribution in [0.1, 0.15) is 26.4 Å². The van der Waals surface area contributed by atoms with E-state index in [9.17, 15) is 9.18 Å². The van der Waals surface area contributed by atoms with Crippen LogP contribution in [0.2, 0.25) is 0 Å². The lowest BCUT2D eigenvalue weighted by atomic mass is 10.1. The third-order valence-corrected chi connectivity index (χ3v) is 5.35. The predicted octanol–water partition coefficient (Wildman–Crippen LogP) is 6.23. The fourth-order valence-electron chi connectivity index (χ4n) is 2.84. The van der Waals surface area contributed by atoms with Crippen molar-refractivity contribution in [2.75, 3.05) is 5.32 Å². The quantitative estimate of drug-likeness (QED) is 0.404. The number of anilines is 1. The minimum absolute atomic E-state index is 0.237. The van der Waals surface area contributed by atoms with Gasteiger partial charge in [-0.25, -0.2) is 9.37 Å². The van der Waals surface area contributed by atoms with Gasteiger partial charge in [0, 0.05) is 23.1 Å². The van der Waals surface area contributed by atoms with E-state index in [1.54, 1.807) is 42.6 Å². The number of thiazole rings is 1. The monoisotopic (exact) mass is 418 g/mol. The molecule has 3 aromatic carbocycles. The van der Waals surface area contributed by atoms with Gasteiger partial charge in [0.25, 0.3) is 5.91 Å². The van der Waals surface area contributed by atoms with E-state index in [2.05, 4.69) is 10.3 Å². The van der Waals surface area contributed by atoms with Gasteiger partial charge >= 0.3 is 0 Å². The molecule has 6 heteroatoms. The molecule has 4 nitrogen and oxygen atoms in total. The van der Waals surface area contributed by atoms with Crippen LogP contribution in [-0.4, -0.2) is 10.9 Å². The molecule has 150 valence electrons. The van der Waals surface area contributed by atoms with Crippen molar-refractivity contribution in [1.82, 2.24) is 4.98 Å². The summed E-state index contributed by atoms with van der Waals surface area (Å²) in [6.07, 6.45) is 2.36. The summed E-state index contributed by atoms with van der Waals surface area (Å²) in [5.74, 6) is 0.909. The fraction of sp³-hybridized carbons (Fsp3) is 0.0833. The summed E-state index contributed by atoms with van der Waals surface area (Å²) in [7, 11) is 0. The van der Waals surface area contributed by atoms with E-state index >= 15 is 0 Å². The van der Waals surface area contributed by atoms with Crippen LogP contribution in [0, 0.1) is 12.7 Å². The third-order valence-electron chi connectivity index (χ3n) is 4.44. The number of halogens is 1. The number of rotatable bonds is 6. The first kappa shape index (κ1) is 19.8. The molecule has 4 aromatic rings. The van der Waals surface area contributed by atoms with Gasteiger partial charge in [0.05, 0.1) is 0 Å². The summed E-state index contributed by atoms with van der Waals surface area (Å²) >= 11 is 1.40. The summed E-state index contributed by atoms with van der Waals surface area (Å²) in [5, 5.41) is 3.34. The first-order chi connectivity index (χ1) is 14.5. The molecule has 30 heavy (non-hydrogen) atoms. The van der Waals surface area contributed by atoms with Crippen molar-refractivity contribution in [2.45, 2.75) is 13.3 Å². The Hall–Kier alpha value is -3.51. The lowest BCUT2D eigenvalue weighted by Crippen LogP contribution is -2.11. The number of carbonyl (C=O) groups is 1. The van der Waals surface area contributed by atoms with Crippen molar-refractivity contribution >= 4 is 22.4 Å². The Labute approximate surface area is 178 Å². The number of hydrogen-bond acceptors (Lipinski definition) is 4. The van der Waals surface area contributed by atoms with Crippen LogP contribution >= 0.6 is 11.3 Å². The van der Waals surface area contributed by atoms with Crippen molar-refractivity contribution in [3.8, 4) is 11.5 Å². The molecule has 0 bridgehead atoms. The number of nitrogens with zero attached hydrogens (tertiary/aromatic N) is 1. The van der Waals surface area contributed by atoms with Crippen LogP contribution in [0.4, 0.5) is 9.52 Å². The topological polar surface area (TPSA) is 51.2 Å². The summed E-state index contributed by atoms with van der Waals surface area (Å²) in [6.45, 7) is 2.02. The standard InChI is InChI=1S/C24H19FN2O2S/c1-16-2-10-20(11-3-16)29-21-12-6-18(7-13-21)23(28)27-24-26-15-22(30-24)14-17-4-8-19(25)9-5-17/h2-13,15H,14H2,1H3,(H,26,27,28). The van der Waals surface area contributed by atoms with Gasteiger partial charge in [-0.15, -0.1) is 11.3 Å². The van der Waals surface area contributed by atoms with Crippen LogP contribution in [0.25, 0.3) is 0 Å². The summed E-state index contributed by atoms with van der Waals surface area (Å²) in [6, 6.07) is 21.1. The SMILES string of the molecule is Cc1ccc(Oc2ccc(C(=O)Nc3ncc(Cc4ccc(F)cc4)s3)cc2)cc1. The molecule has 0 saturated carbocycles. The van der Waals surface area contributed by atoms with Gasteiger partial charge in [-0.1, -0.05) is 29.8 Å². The van der Waals surface area contributed by atoms with Crippen molar-refractivity contribution in [2.24, 2.45) is 0 Å². The van der Waals surface area contributed by atoms with Gasteiger partial charge in [0.1, 0.15) is 17.3 Å². The van der Waals surface area contributed by atoms with E-state index < -0.39 is 0 Å². The molecule has 0 aliphatic heterocycles. The molecule has 0 unspecified atom stereocenters. The van der Waals surface area contributed by atoms with Crippen molar-refractivity contribution < 1.29 is 13.9 Å². The Bertz CT molecular complexity index is 1140. The Kier molecular flexibility index (Phi) is 5.86. The predicted molar refractivity (Wildman–Crippen MR) is 117 cm³/mol. The highest BCUT2D eigenvalue weighted by Crippen LogP contribution is 2.24. The Morgan fingerprint density at radius 1 is 0.967 bits per heavy atom. The number of benzene rings is 3. The largest absolute Gasteiger partial charge is 0.457 e. The molecule has 0 radical (unpaired) electrons. The number of aryl methyl sites for hydroxylation is 1. The highest BCUT2D eigenvalue weighted by Gasteiger charge is 2.10. The van der Waals surface area contributed by atoms with Gasteiger partial charge in [-0.05, 0) is 61.0 Å². The average molecular weight is 418 g/mol. The average Bonchev–Trinajstić information content (AvgIpc) is 3.18. The van der Waals surface area contributed by atoms with Crippen molar-refractivity contribution in [1.29, 1.82) is 0 Å². The maximum atomic E-state index is 13.0. The minimum atomic E-state index is -0.258. The maximum Gasteiger partial charge on any atom is 0.257 e. The van der Waals surface area contributed by atoms with E-state index in [-0.39, 0.29) is 11.7 Å². The van der Waals surface area contributed by atoms with Gasteiger partial charge in [0.2, 0.25) is 0 Å². The maximum absolute atomic E-state index is 13.0. The number of hydrogen-bond donors (Lipinski definition) is 1. The Morgan fingerprint density at radius 2 is 1.60 bits per heavy atom. The van der Waals surface area contributed by atoms with E-state index in [0.717, 1.165) is 21.8 Å². The van der Waals surface area contributed by atoms with Crippen molar-refractivity contribution in [3.05, 3.63) is 106 Å². The molecule has 1 aromatic heterocycles. The first-order valence-electron chi connectivity index (χ1n) is 9.40. The summed E-state index contributed by atoms with van der Waals surface area (Å²) < 4.78 is 18.8. The van der Waals surface area contributed by atoms with Gasteiger partial charge in [-0.3, -0.25) is 10.1 Å². The van der Waals surface area contributed by atoms with Crippen molar-refractivity contribution in [3.63, 3.8) is 0 Å². The fourth-order valence-corrected chi connectivity index (χ4v) is 3.68. The highest BCUT2D eigenvalue weighted by atomic mass is 32.1. The van der Waals surface area contributed by atoms with E-state index in [1.807, 2.05) is 31.2 Å². The smallest absolute Gasteiger partial charge is 0.257 e. The second-order valence-corrected chi connectivity index (χ2v) is 7.94. The molecule has 1 amide bonds. The molecule has 1 N–H and O–H groups in total. The Morgan fingerprint density at radius 3 is 2.27 bits per heavy atom. The minimum Gasteiger partial charge on any atom is -0.457 e. The van der Waals surface area contributed by atoms with E-state index in [1.165, 1.54) is 23.5 Å². The second kappa shape index (κ2) is 8.88. The molecule has 0 atom stereocenters. The van der Waals surface area contributed by atoms with Gasteiger partial charge < -0.3 is 4.74 Å². The van der Waals surface area contributed by atoms with Gasteiger partial charge in [-0.2, -0.15) is 0 Å². The molecule has 0 fully saturated rings. The van der Waals surface area contributed by atoms with Gasteiger partial charge in [0.15, 0.2) is 5.13 Å². The zero-order chi connectivity index (χ0) is 20.9. The molecule has 4 rings (SSSR count). The summed E-state index contributed by atoms with van der Waals surface area (Å²) in [4.78, 5) is 17.7. The first-order valence-corrected chi connectivity index (χ1v) is 10.2. The lowest BCUT2D eigenvalue weighted by Gasteiger charge is -2.07. The normalized spacial score (nSPS) is 10.6. The van der Waals surface area contributed by atoms with E-state index in [4.69, 9.17) is 4.74 Å². The third kappa shape index (κ3) is 5.10. The van der Waals surface area contributed by atoms with Crippen LogP contribution in [0.15, 0.2) is 79.0 Å². The molecule has 0 aliphatic carbocycles. The number of amides is 1. The number of carbonyl (C=O) groups excluding carboxylic acids is 1. The molecule has 0 aliphatic rings. The zero-order valence-corrected chi connectivity index (χ0v) is 17.1. The number of aromatic nitrogens is 1. The molecule has 0 spiro atoms. The molecule has 0 saturated heterocycles. The Balaban J connectivity index is 1.36. The molecular weight excluding hydrogens is 399 g/mol. The van der Waals surface area contributed by atoms with E-state index in [0.29, 0.717) is 22.9 Å². The highest BCUT2D eigenvalue weighted by molar-refractivity contribution is 7.15. The van der Waals surface area contributed by atoms with Crippen LogP contribution in [0.5, 0.6) is 11.5 Å². The number of ether oxygens (including phenoxy) is 1. The second-order valence-electron chi connectivity index (χ2n) is 6.83. The molecular formula is C24H19FN2O2S. The molecule has 1 heterocycles.